The van der Waals surface area contributed by atoms with E-state index in [1.165, 1.54) is 0 Å². The first-order chi connectivity index (χ1) is 11.4. The SMILES string of the molecule is CC1(C(=O)Nc2ccc(Cl)c(Cl)c2)CCN1C(=O)c1ccccc1. The molecule has 0 spiro atoms. The van der Waals surface area contributed by atoms with Gasteiger partial charge in [0, 0.05) is 17.8 Å². The molecule has 124 valence electrons. The first kappa shape index (κ1) is 16.8. The van der Waals surface area contributed by atoms with E-state index in [0.717, 1.165) is 0 Å². The third kappa shape index (κ3) is 2.99. The van der Waals surface area contributed by atoms with Crippen molar-refractivity contribution >= 4 is 40.7 Å². The van der Waals surface area contributed by atoms with Gasteiger partial charge in [-0.15, -0.1) is 0 Å². The molecular formula is C18H16Cl2N2O2. The molecule has 2 aromatic carbocycles. The highest BCUT2D eigenvalue weighted by Crippen LogP contribution is 2.34. The summed E-state index contributed by atoms with van der Waals surface area (Å²) in [4.78, 5) is 26.9. The topological polar surface area (TPSA) is 49.4 Å². The molecule has 3 rings (SSSR count). The number of halogens is 2. The molecule has 2 amide bonds. The van der Waals surface area contributed by atoms with Crippen molar-refractivity contribution in [3.63, 3.8) is 0 Å². The summed E-state index contributed by atoms with van der Waals surface area (Å²) in [6.45, 7) is 2.32. The number of hydrogen-bond donors (Lipinski definition) is 1. The quantitative estimate of drug-likeness (QED) is 0.887. The van der Waals surface area contributed by atoms with E-state index in [1.807, 2.05) is 6.07 Å². The van der Waals surface area contributed by atoms with Crippen LogP contribution in [-0.4, -0.2) is 28.8 Å². The Bertz CT molecular complexity index is 795. The molecule has 1 atom stereocenters. The minimum Gasteiger partial charge on any atom is -0.324 e. The molecule has 1 aliphatic heterocycles. The minimum absolute atomic E-state index is 0.145. The summed E-state index contributed by atoms with van der Waals surface area (Å²) in [7, 11) is 0. The number of amides is 2. The van der Waals surface area contributed by atoms with Crippen LogP contribution in [0.1, 0.15) is 23.7 Å². The van der Waals surface area contributed by atoms with Crippen LogP contribution in [-0.2, 0) is 4.79 Å². The second-order valence-electron chi connectivity index (χ2n) is 5.93. The van der Waals surface area contributed by atoms with E-state index < -0.39 is 5.54 Å². The number of nitrogens with zero attached hydrogens (tertiary/aromatic N) is 1. The minimum atomic E-state index is -0.876. The maximum Gasteiger partial charge on any atom is 0.254 e. The van der Waals surface area contributed by atoms with Gasteiger partial charge in [-0.2, -0.15) is 0 Å². The molecule has 0 bridgehead atoms. The summed E-state index contributed by atoms with van der Waals surface area (Å²) >= 11 is 11.9. The molecule has 2 aromatic rings. The highest BCUT2D eigenvalue weighted by molar-refractivity contribution is 6.42. The monoisotopic (exact) mass is 362 g/mol. The summed E-state index contributed by atoms with van der Waals surface area (Å²) < 4.78 is 0. The highest BCUT2D eigenvalue weighted by Gasteiger charge is 2.49. The summed E-state index contributed by atoms with van der Waals surface area (Å²) in [5, 5.41) is 3.60. The van der Waals surface area contributed by atoms with Gasteiger partial charge in [0.15, 0.2) is 0 Å². The van der Waals surface area contributed by atoms with Crippen LogP contribution in [0.15, 0.2) is 48.5 Å². The molecular weight excluding hydrogens is 347 g/mol. The third-order valence-corrected chi connectivity index (χ3v) is 5.09. The molecule has 1 fully saturated rings. The highest BCUT2D eigenvalue weighted by atomic mass is 35.5. The maximum absolute atomic E-state index is 12.7. The van der Waals surface area contributed by atoms with E-state index in [9.17, 15) is 9.59 Å². The molecule has 1 aliphatic rings. The summed E-state index contributed by atoms with van der Waals surface area (Å²) in [5.41, 5.74) is 0.249. The van der Waals surface area contributed by atoms with Gasteiger partial charge >= 0.3 is 0 Å². The molecule has 0 saturated carbocycles. The number of hydrogen-bond acceptors (Lipinski definition) is 2. The summed E-state index contributed by atoms with van der Waals surface area (Å²) in [6, 6.07) is 13.8. The van der Waals surface area contributed by atoms with Crippen molar-refractivity contribution in [3.8, 4) is 0 Å². The fourth-order valence-corrected chi connectivity index (χ4v) is 3.00. The lowest BCUT2D eigenvalue weighted by molar-refractivity contribution is -0.132. The zero-order valence-corrected chi connectivity index (χ0v) is 14.6. The van der Waals surface area contributed by atoms with Crippen LogP contribution in [0.3, 0.4) is 0 Å². The fourth-order valence-electron chi connectivity index (χ4n) is 2.70. The van der Waals surface area contributed by atoms with Crippen molar-refractivity contribution in [1.29, 1.82) is 0 Å². The Morgan fingerprint density at radius 1 is 1.08 bits per heavy atom. The van der Waals surface area contributed by atoms with E-state index in [1.54, 1.807) is 54.3 Å². The lowest BCUT2D eigenvalue weighted by atomic mass is 9.84. The molecule has 1 saturated heterocycles. The van der Waals surface area contributed by atoms with E-state index >= 15 is 0 Å². The fraction of sp³-hybridized carbons (Fsp3) is 0.222. The van der Waals surface area contributed by atoms with E-state index in [0.29, 0.717) is 34.3 Å². The average molecular weight is 363 g/mol. The second kappa shape index (κ2) is 6.46. The van der Waals surface area contributed by atoms with E-state index in [2.05, 4.69) is 5.32 Å². The summed E-state index contributed by atoms with van der Waals surface area (Å²) in [6.07, 6.45) is 0.610. The van der Waals surface area contributed by atoms with Gasteiger partial charge in [-0.05, 0) is 43.7 Å². The van der Waals surface area contributed by atoms with Crippen molar-refractivity contribution in [2.75, 3.05) is 11.9 Å². The van der Waals surface area contributed by atoms with Crippen LogP contribution in [0.4, 0.5) is 5.69 Å². The normalized spacial score (nSPS) is 19.5. The lowest BCUT2D eigenvalue weighted by Gasteiger charge is -2.49. The van der Waals surface area contributed by atoms with Gasteiger partial charge in [0.1, 0.15) is 5.54 Å². The third-order valence-electron chi connectivity index (χ3n) is 4.35. The number of carbonyl (C=O) groups is 2. The largest absolute Gasteiger partial charge is 0.324 e. The summed E-state index contributed by atoms with van der Waals surface area (Å²) in [5.74, 6) is -0.384. The molecule has 1 N–H and O–H groups in total. The van der Waals surface area contributed by atoms with Crippen molar-refractivity contribution in [2.24, 2.45) is 0 Å². The van der Waals surface area contributed by atoms with E-state index in [-0.39, 0.29) is 11.8 Å². The zero-order chi connectivity index (χ0) is 17.3. The average Bonchev–Trinajstić information content (AvgIpc) is 2.57. The number of benzene rings is 2. The number of rotatable bonds is 3. The smallest absolute Gasteiger partial charge is 0.254 e. The van der Waals surface area contributed by atoms with Gasteiger partial charge in [0.25, 0.3) is 5.91 Å². The molecule has 0 aromatic heterocycles. The lowest BCUT2D eigenvalue weighted by Crippen LogP contribution is -2.66. The standard InChI is InChI=1S/C18H16Cl2N2O2/c1-18(17(24)21-13-7-8-14(19)15(20)11-13)9-10-22(18)16(23)12-5-3-2-4-6-12/h2-8,11H,9-10H2,1H3,(H,21,24). The van der Waals surface area contributed by atoms with Crippen LogP contribution in [0, 0.1) is 0 Å². The van der Waals surface area contributed by atoms with Gasteiger partial charge in [-0.25, -0.2) is 0 Å². The number of carbonyl (C=O) groups excluding carboxylic acids is 2. The Balaban J connectivity index is 1.76. The van der Waals surface area contributed by atoms with Crippen molar-refractivity contribution < 1.29 is 9.59 Å². The van der Waals surface area contributed by atoms with Crippen LogP contribution in [0.5, 0.6) is 0 Å². The molecule has 1 unspecified atom stereocenters. The van der Waals surface area contributed by atoms with Gasteiger partial charge in [-0.3, -0.25) is 9.59 Å². The molecule has 1 heterocycles. The maximum atomic E-state index is 12.7. The number of anilines is 1. The second-order valence-corrected chi connectivity index (χ2v) is 6.74. The van der Waals surface area contributed by atoms with Crippen LogP contribution < -0.4 is 5.32 Å². The first-order valence-electron chi connectivity index (χ1n) is 7.55. The van der Waals surface area contributed by atoms with Crippen LogP contribution in [0.2, 0.25) is 10.0 Å². The molecule has 0 aliphatic carbocycles. The van der Waals surface area contributed by atoms with Crippen molar-refractivity contribution in [1.82, 2.24) is 4.90 Å². The van der Waals surface area contributed by atoms with Gasteiger partial charge in [0.2, 0.25) is 5.91 Å². The van der Waals surface area contributed by atoms with Crippen LogP contribution >= 0.6 is 23.2 Å². The van der Waals surface area contributed by atoms with Gasteiger partial charge < -0.3 is 10.2 Å². The molecule has 4 nitrogen and oxygen atoms in total. The zero-order valence-electron chi connectivity index (χ0n) is 13.1. The van der Waals surface area contributed by atoms with Crippen molar-refractivity contribution in [2.45, 2.75) is 18.9 Å². The molecule has 6 heteroatoms. The Hall–Kier alpha value is -2.04. The number of likely N-dealkylation sites (tertiary alicyclic amines) is 1. The predicted octanol–water partition coefficient (Wildman–Crippen LogP) is 4.24. The van der Waals surface area contributed by atoms with Crippen LogP contribution in [0.25, 0.3) is 0 Å². The predicted molar refractivity (Wildman–Crippen MR) is 95.6 cm³/mol. The Morgan fingerprint density at radius 2 is 1.79 bits per heavy atom. The van der Waals surface area contributed by atoms with Gasteiger partial charge in [-0.1, -0.05) is 41.4 Å². The van der Waals surface area contributed by atoms with Gasteiger partial charge in [0.05, 0.1) is 10.0 Å². The number of nitrogens with one attached hydrogen (secondary N) is 1. The first-order valence-corrected chi connectivity index (χ1v) is 8.31. The Morgan fingerprint density at radius 3 is 2.38 bits per heavy atom. The Labute approximate surface area is 150 Å². The Kier molecular flexibility index (Phi) is 4.52. The molecule has 0 radical (unpaired) electrons. The van der Waals surface area contributed by atoms with Crippen molar-refractivity contribution in [3.05, 3.63) is 64.1 Å². The van der Waals surface area contributed by atoms with E-state index in [4.69, 9.17) is 23.2 Å². The molecule has 24 heavy (non-hydrogen) atoms.